The summed E-state index contributed by atoms with van der Waals surface area (Å²) in [5, 5.41) is 1.89. The first kappa shape index (κ1) is 21.3. The Morgan fingerprint density at radius 1 is 1.24 bits per heavy atom. The normalized spacial score (nSPS) is 22.8. The van der Waals surface area contributed by atoms with Crippen LogP contribution < -0.4 is 10.6 Å². The van der Waals surface area contributed by atoms with E-state index in [-0.39, 0.29) is 17.5 Å². The average Bonchev–Trinajstić information content (AvgIpc) is 3.08. The molecule has 1 fully saturated rings. The van der Waals surface area contributed by atoms with Crippen LogP contribution in [0.4, 0.5) is 0 Å². The van der Waals surface area contributed by atoms with Crippen molar-refractivity contribution < 1.29 is 9.59 Å². The maximum absolute atomic E-state index is 12.0. The Morgan fingerprint density at radius 3 is 2.55 bits per heavy atom. The molecule has 1 aliphatic carbocycles. The molecule has 3 rings (SSSR count). The summed E-state index contributed by atoms with van der Waals surface area (Å²) in [7, 11) is 2.20. The summed E-state index contributed by atoms with van der Waals surface area (Å²) in [5.41, 5.74) is 2.78. The van der Waals surface area contributed by atoms with Gasteiger partial charge in [0.1, 0.15) is 5.78 Å². The van der Waals surface area contributed by atoms with Gasteiger partial charge in [0.15, 0.2) is 5.78 Å². The average molecular weight is 393 g/mol. The van der Waals surface area contributed by atoms with E-state index in [4.69, 9.17) is 0 Å². The Labute approximate surface area is 173 Å². The molecule has 2 heterocycles. The number of nitrogens with zero attached hydrogens (tertiary/aromatic N) is 2. The quantitative estimate of drug-likeness (QED) is 0.699. The number of aromatic nitrogens is 1. The lowest BCUT2D eigenvalue weighted by molar-refractivity contribution is -0.118. The highest BCUT2D eigenvalue weighted by Crippen LogP contribution is 2.21. The lowest BCUT2D eigenvalue weighted by atomic mass is 10.0. The van der Waals surface area contributed by atoms with Gasteiger partial charge in [-0.3, -0.25) is 9.59 Å². The molecule has 0 amide bonds. The van der Waals surface area contributed by atoms with Gasteiger partial charge in [-0.25, -0.2) is 0 Å². The fraction of sp³-hybridized carbons (Fsp3) is 0.440. The van der Waals surface area contributed by atoms with Crippen molar-refractivity contribution in [1.82, 2.24) is 9.47 Å². The lowest BCUT2D eigenvalue weighted by Gasteiger charge is -2.20. The second kappa shape index (κ2) is 8.91. The molecule has 4 heteroatoms. The standard InChI is InChI=1S/C25H32N2O2/c1-6-20(18(3)28)16-24-17(2)27(15-13-22-8-7-14-26(22)5)25-12-10-21(19(4)29)9-11-23(24)25/h6,9-12,16,21-22H,2,7-8,13-15H2,1,3-5H3/b20-6+,24-16+. The van der Waals surface area contributed by atoms with Crippen molar-refractivity contribution in [1.29, 1.82) is 0 Å². The van der Waals surface area contributed by atoms with E-state index in [0.29, 0.717) is 11.6 Å². The summed E-state index contributed by atoms with van der Waals surface area (Å²) in [6, 6.07) is 0.596. The van der Waals surface area contributed by atoms with E-state index in [1.54, 1.807) is 13.8 Å². The van der Waals surface area contributed by atoms with Crippen LogP contribution in [0.1, 0.15) is 51.3 Å². The van der Waals surface area contributed by atoms with E-state index in [2.05, 4.69) is 29.2 Å². The van der Waals surface area contributed by atoms with Crippen molar-refractivity contribution in [2.75, 3.05) is 13.6 Å². The van der Waals surface area contributed by atoms with Gasteiger partial charge < -0.3 is 9.47 Å². The largest absolute Gasteiger partial charge is 0.341 e. The molecule has 29 heavy (non-hydrogen) atoms. The van der Waals surface area contributed by atoms with Gasteiger partial charge in [-0.15, -0.1) is 0 Å². The summed E-state index contributed by atoms with van der Waals surface area (Å²) < 4.78 is 2.25. The zero-order valence-corrected chi connectivity index (χ0v) is 18.1. The van der Waals surface area contributed by atoms with Crippen LogP contribution in [-0.2, 0) is 16.1 Å². The topological polar surface area (TPSA) is 42.3 Å². The van der Waals surface area contributed by atoms with Crippen molar-refractivity contribution in [2.45, 2.75) is 52.6 Å². The molecule has 2 aliphatic rings. The lowest BCUT2D eigenvalue weighted by Crippen LogP contribution is -2.32. The third kappa shape index (κ3) is 4.43. The molecule has 154 valence electrons. The summed E-state index contributed by atoms with van der Waals surface area (Å²) in [6.45, 7) is 11.5. The second-order valence-corrected chi connectivity index (χ2v) is 8.18. The van der Waals surface area contributed by atoms with Crippen molar-refractivity contribution in [3.63, 3.8) is 0 Å². The number of likely N-dealkylation sites (tertiary alicyclic amines) is 1. The highest BCUT2D eigenvalue weighted by molar-refractivity contribution is 6.01. The molecule has 1 aromatic rings. The monoisotopic (exact) mass is 392 g/mol. The number of fused-ring (bicyclic) bond motifs is 1. The molecule has 0 aromatic carbocycles. The Morgan fingerprint density at radius 2 is 1.97 bits per heavy atom. The molecule has 2 atom stereocenters. The van der Waals surface area contributed by atoms with E-state index in [1.165, 1.54) is 12.8 Å². The van der Waals surface area contributed by atoms with Crippen molar-refractivity contribution in [3.05, 3.63) is 45.6 Å². The number of carbonyl (C=O) groups excluding carboxylic acids is 2. The molecule has 0 saturated carbocycles. The molecule has 0 N–H and O–H groups in total. The van der Waals surface area contributed by atoms with Crippen molar-refractivity contribution >= 4 is 36.4 Å². The number of allylic oxidation sites excluding steroid dienone is 4. The Bertz CT molecular complexity index is 1010. The Kier molecular flexibility index (Phi) is 6.53. The van der Waals surface area contributed by atoms with Gasteiger partial charge in [-0.2, -0.15) is 0 Å². The predicted molar refractivity (Wildman–Crippen MR) is 121 cm³/mol. The summed E-state index contributed by atoms with van der Waals surface area (Å²) >= 11 is 0. The third-order valence-electron chi connectivity index (χ3n) is 6.27. The SMILES string of the molecule is C=c1/c(=C\C(=C/C)C(C)=O)c2c(n1CCC1CCCN1C)C=CC(C(C)=O)C=C2. The molecule has 1 aliphatic heterocycles. The molecule has 4 nitrogen and oxygen atoms in total. The minimum atomic E-state index is -0.216. The molecule has 1 saturated heterocycles. The molecular weight excluding hydrogens is 360 g/mol. The van der Waals surface area contributed by atoms with Crippen LogP contribution >= 0.6 is 0 Å². The molecule has 0 bridgehead atoms. The van der Waals surface area contributed by atoms with E-state index in [9.17, 15) is 9.59 Å². The van der Waals surface area contributed by atoms with Crippen LogP contribution in [0.15, 0.2) is 23.8 Å². The third-order valence-corrected chi connectivity index (χ3v) is 6.27. The zero-order chi connectivity index (χ0) is 21.1. The number of rotatable bonds is 6. The number of carbonyl (C=O) groups is 2. The van der Waals surface area contributed by atoms with Gasteiger partial charge in [-0.1, -0.05) is 30.9 Å². The highest BCUT2D eigenvalue weighted by atomic mass is 16.1. The van der Waals surface area contributed by atoms with Crippen LogP contribution in [0, 0.1) is 5.92 Å². The van der Waals surface area contributed by atoms with Gasteiger partial charge in [-0.05, 0) is 65.8 Å². The second-order valence-electron chi connectivity index (χ2n) is 8.18. The van der Waals surface area contributed by atoms with E-state index in [1.807, 2.05) is 37.3 Å². The van der Waals surface area contributed by atoms with E-state index >= 15 is 0 Å². The first-order valence-electron chi connectivity index (χ1n) is 10.5. The molecule has 0 radical (unpaired) electrons. The summed E-state index contributed by atoms with van der Waals surface area (Å²) in [4.78, 5) is 26.4. The maximum atomic E-state index is 12.0. The minimum Gasteiger partial charge on any atom is -0.341 e. The van der Waals surface area contributed by atoms with Crippen molar-refractivity contribution in [3.8, 4) is 0 Å². The predicted octanol–water partition coefficient (Wildman–Crippen LogP) is 2.94. The van der Waals surface area contributed by atoms with Gasteiger partial charge in [0.25, 0.3) is 0 Å². The smallest absolute Gasteiger partial charge is 0.159 e. The van der Waals surface area contributed by atoms with E-state index < -0.39 is 0 Å². The maximum Gasteiger partial charge on any atom is 0.159 e. The van der Waals surface area contributed by atoms with Crippen LogP contribution in [0.2, 0.25) is 0 Å². The molecule has 0 spiro atoms. The number of hydrogen-bond acceptors (Lipinski definition) is 3. The Hall–Kier alpha value is -2.46. The van der Waals surface area contributed by atoms with Gasteiger partial charge >= 0.3 is 0 Å². The number of hydrogen-bond donors (Lipinski definition) is 0. The van der Waals surface area contributed by atoms with Crippen LogP contribution in [0.5, 0.6) is 0 Å². The minimum absolute atomic E-state index is 0.0377. The zero-order valence-electron chi connectivity index (χ0n) is 18.1. The first-order chi connectivity index (χ1) is 13.8. The van der Waals surface area contributed by atoms with Gasteiger partial charge in [0.05, 0.1) is 5.92 Å². The van der Waals surface area contributed by atoms with Gasteiger partial charge in [0.2, 0.25) is 0 Å². The fourth-order valence-electron chi connectivity index (χ4n) is 4.40. The summed E-state index contributed by atoms with van der Waals surface area (Å²) in [6.07, 6.45) is 15.3. The van der Waals surface area contributed by atoms with Crippen LogP contribution in [0.3, 0.4) is 0 Å². The molecular formula is C25H32N2O2. The first-order valence-corrected chi connectivity index (χ1v) is 10.5. The van der Waals surface area contributed by atoms with Crippen molar-refractivity contribution in [2.24, 2.45) is 5.92 Å². The van der Waals surface area contributed by atoms with E-state index in [0.717, 1.165) is 41.3 Å². The number of Topliss-reactive ketones (excluding diaryl/α,β-unsaturated/α-hetero) is 2. The fourth-order valence-corrected chi connectivity index (χ4v) is 4.40. The number of ketones is 2. The van der Waals surface area contributed by atoms with Crippen LogP contribution in [0.25, 0.3) is 24.8 Å². The Balaban J connectivity index is 2.10. The summed E-state index contributed by atoms with van der Waals surface area (Å²) in [5.74, 6) is -0.0531. The highest BCUT2D eigenvalue weighted by Gasteiger charge is 2.22. The molecule has 1 aromatic heterocycles. The molecule has 2 unspecified atom stereocenters. The van der Waals surface area contributed by atoms with Crippen LogP contribution in [-0.4, -0.2) is 40.7 Å². The van der Waals surface area contributed by atoms with Gasteiger partial charge in [0, 0.05) is 40.0 Å².